The van der Waals surface area contributed by atoms with Gasteiger partial charge in [-0.15, -0.1) is 0 Å². The van der Waals surface area contributed by atoms with Gasteiger partial charge in [0.25, 0.3) is 0 Å². The van der Waals surface area contributed by atoms with Gasteiger partial charge in [-0.05, 0) is 25.5 Å². The van der Waals surface area contributed by atoms with Crippen LogP contribution in [0.15, 0.2) is 24.4 Å². The molecular weight excluding hydrogens is 226 g/mol. The van der Waals surface area contributed by atoms with Gasteiger partial charge >= 0.3 is 0 Å². The molecule has 2 rings (SSSR count). The van der Waals surface area contributed by atoms with Crippen molar-refractivity contribution in [3.63, 3.8) is 0 Å². The van der Waals surface area contributed by atoms with Crippen LogP contribution in [0.2, 0.25) is 0 Å². The van der Waals surface area contributed by atoms with Gasteiger partial charge in [-0.1, -0.05) is 17.7 Å². The second-order valence-electron chi connectivity index (χ2n) is 4.05. The van der Waals surface area contributed by atoms with Crippen LogP contribution in [0.1, 0.15) is 16.7 Å². The highest BCUT2D eigenvalue weighted by molar-refractivity contribution is 5.60. The largest absolute Gasteiger partial charge is 0.382 e. The van der Waals surface area contributed by atoms with Gasteiger partial charge in [-0.25, -0.2) is 4.98 Å². The second-order valence-corrected chi connectivity index (χ2v) is 4.05. The molecule has 0 aliphatic heterocycles. The Balaban J connectivity index is 2.29. The quantitative estimate of drug-likeness (QED) is 0.839. The summed E-state index contributed by atoms with van der Waals surface area (Å²) in [5.74, 6) is 0.568. The molecule has 0 saturated heterocycles. The number of hydrogen-bond acceptors (Lipinski definition) is 5. The number of anilines is 3. The molecule has 3 N–H and O–H groups in total. The normalized spacial score (nSPS) is 9.83. The lowest BCUT2D eigenvalue weighted by Crippen LogP contribution is -2.03. The highest BCUT2D eigenvalue weighted by Gasteiger charge is 2.05. The Labute approximate surface area is 105 Å². The van der Waals surface area contributed by atoms with Gasteiger partial charge in [-0.3, -0.25) is 0 Å². The molecule has 0 bridgehead atoms. The lowest BCUT2D eigenvalue weighted by molar-refractivity contribution is 1.16. The number of nitriles is 1. The molecule has 0 radical (unpaired) electrons. The summed E-state index contributed by atoms with van der Waals surface area (Å²) in [5.41, 5.74) is 9.13. The standard InChI is InChI=1S/C13H13N5/c1-8-3-4-11(9(2)5-8)17-13-16-7-10(6-14)12(15)18-13/h3-5,7H,1-2H3,(H3,15,16,17,18). The van der Waals surface area contributed by atoms with Crippen LogP contribution in [0.3, 0.4) is 0 Å². The van der Waals surface area contributed by atoms with Crippen molar-refractivity contribution < 1.29 is 0 Å². The Hall–Kier alpha value is -2.61. The topological polar surface area (TPSA) is 87.6 Å². The monoisotopic (exact) mass is 239 g/mol. The molecule has 0 saturated carbocycles. The summed E-state index contributed by atoms with van der Waals surface area (Å²) >= 11 is 0. The molecule has 0 aliphatic rings. The van der Waals surface area contributed by atoms with Crippen molar-refractivity contribution in [1.29, 1.82) is 5.26 Å². The summed E-state index contributed by atoms with van der Waals surface area (Å²) in [4.78, 5) is 8.08. The number of nitrogen functional groups attached to an aromatic ring is 1. The molecule has 1 aromatic carbocycles. The van der Waals surface area contributed by atoms with Crippen LogP contribution in [-0.2, 0) is 0 Å². The summed E-state index contributed by atoms with van der Waals surface area (Å²) < 4.78 is 0. The lowest BCUT2D eigenvalue weighted by atomic mass is 10.1. The Morgan fingerprint density at radius 3 is 2.72 bits per heavy atom. The molecule has 18 heavy (non-hydrogen) atoms. The van der Waals surface area contributed by atoms with Gasteiger partial charge < -0.3 is 11.1 Å². The number of nitrogens with two attached hydrogens (primary N) is 1. The van der Waals surface area contributed by atoms with Crippen molar-refractivity contribution in [2.75, 3.05) is 11.1 Å². The highest BCUT2D eigenvalue weighted by Crippen LogP contribution is 2.20. The zero-order valence-corrected chi connectivity index (χ0v) is 10.2. The molecule has 0 unspecified atom stereocenters. The molecule has 1 heterocycles. The first kappa shape index (κ1) is 11.9. The van der Waals surface area contributed by atoms with Gasteiger partial charge in [-0.2, -0.15) is 10.2 Å². The van der Waals surface area contributed by atoms with Gasteiger partial charge in [0.1, 0.15) is 17.5 Å². The third-order valence-corrected chi connectivity index (χ3v) is 2.57. The molecule has 0 atom stereocenters. The van der Waals surface area contributed by atoms with E-state index in [1.807, 2.05) is 32.0 Å². The fourth-order valence-corrected chi connectivity index (χ4v) is 1.62. The van der Waals surface area contributed by atoms with Gasteiger partial charge in [0.15, 0.2) is 0 Å². The van der Waals surface area contributed by atoms with E-state index in [9.17, 15) is 0 Å². The van der Waals surface area contributed by atoms with E-state index in [1.54, 1.807) is 0 Å². The van der Waals surface area contributed by atoms with Crippen molar-refractivity contribution in [2.45, 2.75) is 13.8 Å². The molecule has 5 nitrogen and oxygen atoms in total. The minimum absolute atomic E-state index is 0.180. The average molecular weight is 239 g/mol. The highest BCUT2D eigenvalue weighted by atomic mass is 15.1. The van der Waals surface area contributed by atoms with Crippen molar-refractivity contribution >= 4 is 17.5 Å². The molecule has 0 spiro atoms. The van der Waals surface area contributed by atoms with Crippen molar-refractivity contribution in [2.24, 2.45) is 0 Å². The Morgan fingerprint density at radius 2 is 2.11 bits per heavy atom. The zero-order valence-electron chi connectivity index (χ0n) is 10.2. The van der Waals surface area contributed by atoms with E-state index in [2.05, 4.69) is 21.4 Å². The van der Waals surface area contributed by atoms with Crippen LogP contribution in [0.5, 0.6) is 0 Å². The van der Waals surface area contributed by atoms with E-state index in [4.69, 9.17) is 11.0 Å². The maximum absolute atomic E-state index is 8.74. The number of nitrogens with zero attached hydrogens (tertiary/aromatic N) is 3. The van der Waals surface area contributed by atoms with Gasteiger partial charge in [0.05, 0.1) is 6.20 Å². The number of nitrogens with one attached hydrogen (secondary N) is 1. The summed E-state index contributed by atoms with van der Waals surface area (Å²) in [5, 5.41) is 11.8. The average Bonchev–Trinajstić information content (AvgIpc) is 2.33. The van der Waals surface area contributed by atoms with Crippen molar-refractivity contribution in [3.05, 3.63) is 41.1 Å². The Bertz CT molecular complexity index is 628. The lowest BCUT2D eigenvalue weighted by Gasteiger charge is -2.09. The van der Waals surface area contributed by atoms with Crippen LogP contribution in [0, 0.1) is 25.2 Å². The van der Waals surface area contributed by atoms with E-state index in [0.717, 1.165) is 11.3 Å². The van der Waals surface area contributed by atoms with E-state index in [1.165, 1.54) is 11.8 Å². The number of benzene rings is 1. The van der Waals surface area contributed by atoms with Gasteiger partial charge in [0, 0.05) is 5.69 Å². The summed E-state index contributed by atoms with van der Waals surface area (Å²) in [6.45, 7) is 4.04. The number of rotatable bonds is 2. The van der Waals surface area contributed by atoms with Crippen molar-refractivity contribution in [3.8, 4) is 6.07 Å². The van der Waals surface area contributed by atoms with E-state index < -0.39 is 0 Å². The molecule has 90 valence electrons. The Kier molecular flexibility index (Phi) is 3.11. The van der Waals surface area contributed by atoms with Crippen LogP contribution in [0.4, 0.5) is 17.5 Å². The number of aromatic nitrogens is 2. The fraction of sp³-hybridized carbons (Fsp3) is 0.154. The predicted molar refractivity (Wildman–Crippen MR) is 70.4 cm³/mol. The van der Waals surface area contributed by atoms with Crippen LogP contribution < -0.4 is 11.1 Å². The first-order valence-electron chi connectivity index (χ1n) is 5.47. The predicted octanol–water partition coefficient (Wildman–Crippen LogP) is 2.29. The van der Waals surface area contributed by atoms with E-state index in [-0.39, 0.29) is 11.4 Å². The number of hydrogen-bond donors (Lipinski definition) is 2. The first-order valence-corrected chi connectivity index (χ1v) is 5.47. The molecule has 0 fully saturated rings. The maximum Gasteiger partial charge on any atom is 0.229 e. The second kappa shape index (κ2) is 4.72. The maximum atomic E-state index is 8.74. The molecule has 1 aromatic heterocycles. The van der Waals surface area contributed by atoms with E-state index in [0.29, 0.717) is 5.95 Å². The third kappa shape index (κ3) is 2.38. The minimum Gasteiger partial charge on any atom is -0.382 e. The summed E-state index contributed by atoms with van der Waals surface area (Å²) in [7, 11) is 0. The van der Waals surface area contributed by atoms with E-state index >= 15 is 0 Å². The fourth-order valence-electron chi connectivity index (χ4n) is 1.62. The molecule has 5 heteroatoms. The van der Waals surface area contributed by atoms with Crippen LogP contribution in [-0.4, -0.2) is 9.97 Å². The first-order chi connectivity index (χ1) is 8.60. The van der Waals surface area contributed by atoms with Crippen molar-refractivity contribution in [1.82, 2.24) is 9.97 Å². The van der Waals surface area contributed by atoms with Crippen LogP contribution >= 0.6 is 0 Å². The summed E-state index contributed by atoms with van der Waals surface area (Å²) in [6, 6.07) is 7.96. The third-order valence-electron chi connectivity index (χ3n) is 2.57. The Morgan fingerprint density at radius 1 is 1.33 bits per heavy atom. The minimum atomic E-state index is 0.180. The molecule has 0 aliphatic carbocycles. The van der Waals surface area contributed by atoms with Crippen LogP contribution in [0.25, 0.3) is 0 Å². The smallest absolute Gasteiger partial charge is 0.229 e. The SMILES string of the molecule is Cc1ccc(Nc2ncc(C#N)c(N)n2)c(C)c1. The number of aryl methyl sites for hydroxylation is 2. The molecule has 0 amide bonds. The summed E-state index contributed by atoms with van der Waals surface area (Å²) in [6.07, 6.45) is 1.41. The molecule has 2 aromatic rings. The zero-order chi connectivity index (χ0) is 13.1. The van der Waals surface area contributed by atoms with Gasteiger partial charge in [0.2, 0.25) is 5.95 Å². The molecular formula is C13H13N5.